The average Bonchev–Trinajstić information content (AvgIpc) is 1.72. The fourth-order valence-corrected chi connectivity index (χ4v) is 0.200. The Labute approximate surface area is 50.9 Å². The summed E-state index contributed by atoms with van der Waals surface area (Å²) in [5.41, 5.74) is 0. The summed E-state index contributed by atoms with van der Waals surface area (Å²) in [6.07, 6.45) is 0. The van der Waals surface area contributed by atoms with Crippen LogP contribution in [0.15, 0.2) is 0 Å². The van der Waals surface area contributed by atoms with E-state index in [9.17, 15) is 0 Å². The van der Waals surface area contributed by atoms with Gasteiger partial charge in [-0.15, -0.1) is 0 Å². The molecule has 0 saturated carbocycles. The molecule has 0 atom stereocenters. The molecule has 0 aromatic carbocycles. The van der Waals surface area contributed by atoms with Crippen LogP contribution in [0.3, 0.4) is 0 Å². The van der Waals surface area contributed by atoms with Crippen molar-refractivity contribution >= 4 is 7.49 Å². The Morgan fingerprint density at radius 2 is 1.88 bits per heavy atom. The van der Waals surface area contributed by atoms with Crippen molar-refractivity contribution in [3.05, 3.63) is 0 Å². The average molecular weight is 114 g/mol. The van der Waals surface area contributed by atoms with Crippen LogP contribution in [0.2, 0.25) is 0 Å². The second kappa shape index (κ2) is 9.85. The molecule has 0 amide bonds. The molecule has 0 spiro atoms. The van der Waals surface area contributed by atoms with E-state index in [1.807, 2.05) is 19.0 Å². The van der Waals surface area contributed by atoms with Gasteiger partial charge in [0.15, 0.2) is 0 Å². The second-order valence-electron chi connectivity index (χ2n) is 1.53. The fourth-order valence-electron chi connectivity index (χ4n) is 0.200. The molecule has 4 heteroatoms. The van der Waals surface area contributed by atoms with E-state index < -0.39 is 0 Å². The summed E-state index contributed by atoms with van der Waals surface area (Å²) < 4.78 is 0. The van der Waals surface area contributed by atoms with Crippen LogP contribution in [0.4, 0.5) is 0 Å². The number of rotatable bonds is 2. The van der Waals surface area contributed by atoms with Gasteiger partial charge in [0.2, 0.25) is 0 Å². The van der Waals surface area contributed by atoms with E-state index >= 15 is 0 Å². The Kier molecular flexibility index (Phi) is 13.1. The standard InChI is InChI=1S/C4H11NO.BN/c1-5(2)3-4-6;1-2/h6H,3-4H2,1-2H3;. The fraction of sp³-hybridized carbons (Fsp3) is 1.00. The number of aliphatic hydroxyl groups excluding tert-OH is 1. The second-order valence-corrected chi connectivity index (χ2v) is 1.53. The van der Waals surface area contributed by atoms with Gasteiger partial charge in [0.05, 0.1) is 6.61 Å². The van der Waals surface area contributed by atoms with Crippen LogP contribution in [0.25, 0.3) is 0 Å². The zero-order valence-corrected chi connectivity index (χ0v) is 5.33. The van der Waals surface area contributed by atoms with Gasteiger partial charge in [0.1, 0.15) is 0 Å². The molecule has 3 nitrogen and oxygen atoms in total. The SMILES string of the molecule is B#N.CN(C)CCO. The van der Waals surface area contributed by atoms with Crippen LogP contribution in [0.5, 0.6) is 0 Å². The van der Waals surface area contributed by atoms with Crippen molar-refractivity contribution in [2.24, 2.45) is 0 Å². The molecular formula is C4H11BN2O. The predicted molar refractivity (Wildman–Crippen MR) is 33.1 cm³/mol. The van der Waals surface area contributed by atoms with Crippen molar-refractivity contribution < 1.29 is 5.11 Å². The van der Waals surface area contributed by atoms with Crippen molar-refractivity contribution in [2.45, 2.75) is 0 Å². The first kappa shape index (κ1) is 10.6. The number of hydrogen-bond donors (Lipinski definition) is 1. The Bertz CT molecular complexity index is 55.2. The van der Waals surface area contributed by atoms with Crippen LogP contribution < -0.4 is 0 Å². The normalized spacial score (nSPS) is 8.12. The maximum absolute atomic E-state index is 8.20. The molecule has 0 rings (SSSR count). The summed E-state index contributed by atoms with van der Waals surface area (Å²) in [5.74, 6) is 0. The monoisotopic (exact) mass is 114 g/mol. The third-order valence-corrected chi connectivity index (χ3v) is 0.547. The number of likely N-dealkylation sites (N-methyl/N-ethyl adjacent to an activating group) is 1. The van der Waals surface area contributed by atoms with Crippen molar-refractivity contribution in [1.29, 1.82) is 5.16 Å². The molecule has 0 unspecified atom stereocenters. The van der Waals surface area contributed by atoms with Gasteiger partial charge in [-0.05, 0) is 14.1 Å². The molecule has 0 radical (unpaired) electrons. The minimum Gasteiger partial charge on any atom is -0.395 e. The summed E-state index contributed by atoms with van der Waals surface area (Å²) >= 11 is 0. The van der Waals surface area contributed by atoms with Crippen LogP contribution in [0, 0.1) is 5.16 Å². The summed E-state index contributed by atoms with van der Waals surface area (Å²) in [6.45, 7) is 1.02. The first-order valence-electron chi connectivity index (χ1n) is 2.29. The molecule has 0 saturated heterocycles. The molecule has 0 bridgehead atoms. The van der Waals surface area contributed by atoms with Gasteiger partial charge in [-0.3, -0.25) is 0 Å². The van der Waals surface area contributed by atoms with Crippen LogP contribution in [0.1, 0.15) is 0 Å². The summed E-state index contributed by atoms with van der Waals surface area (Å²) in [4.78, 5) is 1.93. The Morgan fingerprint density at radius 1 is 1.50 bits per heavy atom. The Hall–Kier alpha value is -0.305. The quantitative estimate of drug-likeness (QED) is 0.477. The number of hydrogen-bond acceptors (Lipinski definition) is 3. The van der Waals surface area contributed by atoms with Gasteiger partial charge in [0, 0.05) is 6.54 Å². The number of aliphatic hydroxyl groups is 1. The van der Waals surface area contributed by atoms with Crippen molar-refractivity contribution in [2.75, 3.05) is 27.2 Å². The molecule has 46 valence electrons. The summed E-state index contributed by atoms with van der Waals surface area (Å²) in [6, 6.07) is 0. The minimum atomic E-state index is 0.257. The van der Waals surface area contributed by atoms with Crippen molar-refractivity contribution in [3.8, 4) is 0 Å². The molecular weight excluding hydrogens is 103 g/mol. The first-order valence-corrected chi connectivity index (χ1v) is 2.29. The first-order chi connectivity index (χ1) is 3.77. The largest absolute Gasteiger partial charge is 0.395 e. The summed E-state index contributed by atoms with van der Waals surface area (Å²) in [5, 5.41) is 14.7. The maximum Gasteiger partial charge on any atom is 0.0558 e. The van der Waals surface area contributed by atoms with Gasteiger partial charge in [-0.25, -0.2) is 0 Å². The van der Waals surface area contributed by atoms with Crippen LogP contribution in [-0.2, 0) is 0 Å². The van der Waals surface area contributed by atoms with Gasteiger partial charge in [0.25, 0.3) is 0 Å². The van der Waals surface area contributed by atoms with Crippen molar-refractivity contribution in [3.63, 3.8) is 0 Å². The zero-order valence-electron chi connectivity index (χ0n) is 5.33. The van der Waals surface area contributed by atoms with E-state index in [0.717, 1.165) is 6.54 Å². The van der Waals surface area contributed by atoms with Gasteiger partial charge in [-0.2, -0.15) is 0 Å². The number of nitrogens with zero attached hydrogens (tertiary/aromatic N) is 2. The van der Waals surface area contributed by atoms with E-state index in [-0.39, 0.29) is 6.61 Å². The molecule has 0 fully saturated rings. The molecule has 0 aliphatic rings. The maximum atomic E-state index is 8.20. The van der Waals surface area contributed by atoms with Crippen LogP contribution >= 0.6 is 0 Å². The Morgan fingerprint density at radius 3 is 1.88 bits per heavy atom. The zero-order chi connectivity index (χ0) is 6.99. The van der Waals surface area contributed by atoms with E-state index in [2.05, 4.69) is 7.49 Å². The van der Waals surface area contributed by atoms with E-state index in [1.54, 1.807) is 0 Å². The van der Waals surface area contributed by atoms with E-state index in [1.165, 1.54) is 0 Å². The molecule has 0 aromatic rings. The van der Waals surface area contributed by atoms with E-state index in [0.29, 0.717) is 0 Å². The molecule has 0 heterocycles. The van der Waals surface area contributed by atoms with Gasteiger partial charge >= 0.3 is 12.6 Å². The molecule has 8 heavy (non-hydrogen) atoms. The third-order valence-electron chi connectivity index (χ3n) is 0.547. The van der Waals surface area contributed by atoms with Gasteiger partial charge in [-0.1, -0.05) is 0 Å². The molecule has 0 aliphatic carbocycles. The van der Waals surface area contributed by atoms with Crippen molar-refractivity contribution in [1.82, 2.24) is 4.90 Å². The molecule has 0 aliphatic heterocycles. The van der Waals surface area contributed by atoms with E-state index in [4.69, 9.17) is 10.3 Å². The van der Waals surface area contributed by atoms with Gasteiger partial charge < -0.3 is 10.0 Å². The minimum absolute atomic E-state index is 0.257. The summed E-state index contributed by atoms with van der Waals surface area (Å²) in [7, 11) is 7.35. The van der Waals surface area contributed by atoms with Crippen LogP contribution in [-0.4, -0.2) is 44.7 Å². The third kappa shape index (κ3) is 17.3. The topological polar surface area (TPSA) is 47.3 Å². The predicted octanol–water partition coefficient (Wildman–Crippen LogP) is -0.825. The molecule has 1 N–H and O–H groups in total. The smallest absolute Gasteiger partial charge is 0.0558 e. The molecule has 0 aromatic heterocycles. The Balaban J connectivity index is 0.